The minimum atomic E-state index is -0.581. The van der Waals surface area contributed by atoms with Crippen LogP contribution in [-0.4, -0.2) is 14.7 Å². The fourth-order valence-corrected chi connectivity index (χ4v) is 2.48. The summed E-state index contributed by atoms with van der Waals surface area (Å²) < 4.78 is 2.02. The van der Waals surface area contributed by atoms with Crippen LogP contribution in [0.15, 0.2) is 48.5 Å². The first-order chi connectivity index (χ1) is 9.65. The van der Waals surface area contributed by atoms with Gasteiger partial charge < -0.3 is 9.67 Å². The van der Waals surface area contributed by atoms with Crippen molar-refractivity contribution in [1.82, 2.24) is 9.55 Å². The van der Waals surface area contributed by atoms with Crippen LogP contribution in [0.2, 0.25) is 5.02 Å². The Hall–Kier alpha value is -1.84. The van der Waals surface area contributed by atoms with Crippen molar-refractivity contribution in [3.8, 4) is 0 Å². The van der Waals surface area contributed by atoms with Gasteiger partial charge in [0.1, 0.15) is 5.82 Å². The molecule has 1 unspecified atom stereocenters. The molecule has 3 rings (SSSR count). The van der Waals surface area contributed by atoms with Crippen molar-refractivity contribution in [2.24, 2.45) is 7.05 Å². The fourth-order valence-electron chi connectivity index (χ4n) is 2.35. The van der Waals surface area contributed by atoms with Crippen LogP contribution in [0.5, 0.6) is 0 Å². The highest BCUT2D eigenvalue weighted by Crippen LogP contribution is 2.22. The van der Waals surface area contributed by atoms with Gasteiger partial charge in [-0.05, 0) is 29.8 Å². The first kappa shape index (κ1) is 13.2. The van der Waals surface area contributed by atoms with E-state index in [1.165, 1.54) is 0 Å². The van der Waals surface area contributed by atoms with Gasteiger partial charge in [0.15, 0.2) is 0 Å². The van der Waals surface area contributed by atoms with Gasteiger partial charge in [-0.25, -0.2) is 4.98 Å². The van der Waals surface area contributed by atoms with Crippen LogP contribution in [0.3, 0.4) is 0 Å². The van der Waals surface area contributed by atoms with E-state index in [1.807, 2.05) is 48.0 Å². The number of hydrogen-bond acceptors (Lipinski definition) is 2. The summed E-state index contributed by atoms with van der Waals surface area (Å²) in [6.07, 6.45) is -0.102. The highest BCUT2D eigenvalue weighted by molar-refractivity contribution is 6.30. The van der Waals surface area contributed by atoms with E-state index in [0.717, 1.165) is 22.4 Å². The minimum absolute atomic E-state index is 0.479. The lowest BCUT2D eigenvalue weighted by molar-refractivity contribution is 0.175. The number of hydrogen-bond donors (Lipinski definition) is 1. The van der Waals surface area contributed by atoms with Crippen molar-refractivity contribution in [1.29, 1.82) is 0 Å². The summed E-state index contributed by atoms with van der Waals surface area (Å²) in [5, 5.41) is 11.0. The third-order valence-corrected chi connectivity index (χ3v) is 3.76. The molecule has 1 aromatic heterocycles. The van der Waals surface area contributed by atoms with E-state index in [4.69, 9.17) is 11.6 Å². The van der Waals surface area contributed by atoms with Gasteiger partial charge in [-0.2, -0.15) is 0 Å². The molecule has 3 aromatic rings. The molecule has 1 N–H and O–H groups in total. The lowest BCUT2D eigenvalue weighted by Gasteiger charge is -2.11. The summed E-state index contributed by atoms with van der Waals surface area (Å²) in [7, 11) is 1.97. The second kappa shape index (κ2) is 5.27. The van der Waals surface area contributed by atoms with E-state index < -0.39 is 6.10 Å². The molecule has 20 heavy (non-hydrogen) atoms. The van der Waals surface area contributed by atoms with Crippen molar-refractivity contribution in [2.75, 3.05) is 0 Å². The average molecular weight is 287 g/mol. The topological polar surface area (TPSA) is 38.0 Å². The maximum Gasteiger partial charge on any atom is 0.112 e. The van der Waals surface area contributed by atoms with Crippen molar-refractivity contribution in [3.63, 3.8) is 0 Å². The second-order valence-corrected chi connectivity index (χ2v) is 5.28. The van der Waals surface area contributed by atoms with E-state index in [-0.39, 0.29) is 0 Å². The molecular weight excluding hydrogens is 272 g/mol. The number of rotatable bonds is 3. The first-order valence-electron chi connectivity index (χ1n) is 6.49. The van der Waals surface area contributed by atoms with Crippen LogP contribution in [-0.2, 0) is 13.5 Å². The number of aromatic nitrogens is 2. The number of fused-ring (bicyclic) bond motifs is 1. The molecule has 4 heteroatoms. The Balaban J connectivity index is 1.89. The van der Waals surface area contributed by atoms with Crippen molar-refractivity contribution in [2.45, 2.75) is 12.5 Å². The molecule has 0 aliphatic rings. The molecular formula is C16H15ClN2O. The molecule has 0 amide bonds. The monoisotopic (exact) mass is 286 g/mol. The lowest BCUT2D eigenvalue weighted by atomic mass is 10.1. The Kier molecular flexibility index (Phi) is 3.47. The zero-order valence-corrected chi connectivity index (χ0v) is 11.9. The van der Waals surface area contributed by atoms with E-state index in [2.05, 4.69) is 4.98 Å². The zero-order valence-electron chi connectivity index (χ0n) is 11.1. The third-order valence-electron chi connectivity index (χ3n) is 3.51. The molecule has 1 heterocycles. The molecule has 0 radical (unpaired) electrons. The number of para-hydroxylation sites is 2. The van der Waals surface area contributed by atoms with Gasteiger partial charge in [-0.3, -0.25) is 0 Å². The largest absolute Gasteiger partial charge is 0.388 e. The Labute approximate surface area is 122 Å². The molecule has 102 valence electrons. The molecule has 0 aliphatic carbocycles. The molecule has 0 bridgehead atoms. The number of aliphatic hydroxyl groups is 1. The molecule has 1 atom stereocenters. The molecule has 0 fully saturated rings. The van der Waals surface area contributed by atoms with Crippen molar-refractivity contribution < 1.29 is 5.11 Å². The molecule has 0 spiro atoms. The third kappa shape index (κ3) is 2.42. The van der Waals surface area contributed by atoms with E-state index in [0.29, 0.717) is 11.4 Å². The highest BCUT2D eigenvalue weighted by atomic mass is 35.5. The van der Waals surface area contributed by atoms with Gasteiger partial charge in [-0.1, -0.05) is 35.9 Å². The van der Waals surface area contributed by atoms with Crippen LogP contribution < -0.4 is 0 Å². The molecule has 2 aromatic carbocycles. The summed E-state index contributed by atoms with van der Waals surface area (Å²) in [6, 6.07) is 15.2. The van der Waals surface area contributed by atoms with Gasteiger partial charge in [0.2, 0.25) is 0 Å². The molecule has 3 nitrogen and oxygen atoms in total. The molecule has 0 saturated heterocycles. The normalized spacial score (nSPS) is 12.8. The molecule has 0 aliphatic heterocycles. The number of aliphatic hydroxyl groups excluding tert-OH is 1. The number of aryl methyl sites for hydroxylation is 1. The van der Waals surface area contributed by atoms with Gasteiger partial charge in [-0.15, -0.1) is 0 Å². The van der Waals surface area contributed by atoms with E-state index >= 15 is 0 Å². The highest BCUT2D eigenvalue weighted by Gasteiger charge is 2.14. The predicted octanol–water partition coefficient (Wildman–Crippen LogP) is 3.50. The lowest BCUT2D eigenvalue weighted by Crippen LogP contribution is -2.06. The maximum absolute atomic E-state index is 10.3. The van der Waals surface area contributed by atoms with Crippen LogP contribution in [0.4, 0.5) is 0 Å². The minimum Gasteiger partial charge on any atom is -0.388 e. The Bertz CT molecular complexity index is 734. The van der Waals surface area contributed by atoms with Crippen LogP contribution >= 0.6 is 11.6 Å². The van der Waals surface area contributed by atoms with Gasteiger partial charge in [0.05, 0.1) is 17.1 Å². The first-order valence-corrected chi connectivity index (χ1v) is 6.87. The number of benzene rings is 2. The standard InChI is InChI=1S/C16H15ClN2O/c1-19-14-5-3-2-4-13(14)18-16(19)10-15(20)11-6-8-12(17)9-7-11/h2-9,15,20H,10H2,1H3. The SMILES string of the molecule is Cn1c(CC(O)c2ccc(Cl)cc2)nc2ccccc21. The fraction of sp³-hybridized carbons (Fsp3) is 0.188. The maximum atomic E-state index is 10.3. The Morgan fingerprint density at radius 2 is 1.85 bits per heavy atom. The zero-order chi connectivity index (χ0) is 14.1. The van der Waals surface area contributed by atoms with Gasteiger partial charge in [0.25, 0.3) is 0 Å². The number of imidazole rings is 1. The quantitative estimate of drug-likeness (QED) is 0.800. The summed E-state index contributed by atoms with van der Waals surface area (Å²) in [5.41, 5.74) is 2.88. The summed E-state index contributed by atoms with van der Waals surface area (Å²) in [6.45, 7) is 0. The predicted molar refractivity (Wildman–Crippen MR) is 80.8 cm³/mol. The van der Waals surface area contributed by atoms with Crippen LogP contribution in [0.1, 0.15) is 17.5 Å². The summed E-state index contributed by atoms with van der Waals surface area (Å²) >= 11 is 5.86. The Morgan fingerprint density at radius 1 is 1.15 bits per heavy atom. The van der Waals surface area contributed by atoms with Crippen LogP contribution in [0.25, 0.3) is 11.0 Å². The van der Waals surface area contributed by atoms with Crippen LogP contribution in [0, 0.1) is 0 Å². The number of nitrogens with zero attached hydrogens (tertiary/aromatic N) is 2. The second-order valence-electron chi connectivity index (χ2n) is 4.85. The Morgan fingerprint density at radius 3 is 2.55 bits per heavy atom. The molecule has 0 saturated carbocycles. The van der Waals surface area contributed by atoms with E-state index in [1.54, 1.807) is 12.1 Å². The summed E-state index contributed by atoms with van der Waals surface area (Å²) in [4.78, 5) is 4.57. The van der Waals surface area contributed by atoms with Gasteiger partial charge >= 0.3 is 0 Å². The van der Waals surface area contributed by atoms with Gasteiger partial charge in [0, 0.05) is 18.5 Å². The smallest absolute Gasteiger partial charge is 0.112 e. The van der Waals surface area contributed by atoms with Crippen molar-refractivity contribution in [3.05, 3.63) is 64.9 Å². The average Bonchev–Trinajstić information content (AvgIpc) is 2.77. The van der Waals surface area contributed by atoms with Crippen molar-refractivity contribution >= 4 is 22.6 Å². The number of halogens is 1. The van der Waals surface area contributed by atoms with E-state index in [9.17, 15) is 5.11 Å². The summed E-state index contributed by atoms with van der Waals surface area (Å²) in [5.74, 6) is 0.869.